The highest BCUT2D eigenvalue weighted by molar-refractivity contribution is 6.31. The van der Waals surface area contributed by atoms with Crippen LogP contribution in [0.2, 0.25) is 10.0 Å². The quantitative estimate of drug-likeness (QED) is 0.365. The second-order valence-electron chi connectivity index (χ2n) is 7.12. The highest BCUT2D eigenvalue weighted by Gasteiger charge is 2.17. The van der Waals surface area contributed by atoms with Gasteiger partial charge in [-0.3, -0.25) is 4.79 Å². The smallest absolute Gasteiger partial charge is 0.260 e. The molecule has 0 radical (unpaired) electrons. The van der Waals surface area contributed by atoms with Crippen molar-refractivity contribution in [3.05, 3.63) is 88.2 Å². The molecule has 3 aromatic rings. The number of amides is 1. The average molecular weight is 461 g/mol. The van der Waals surface area contributed by atoms with Crippen molar-refractivity contribution in [1.82, 2.24) is 9.47 Å². The Balaban J connectivity index is 1.67. The number of hydrogen-bond acceptors (Lipinski definition) is 3. The maximum absolute atomic E-state index is 12.9. The number of methoxy groups -OCH3 is 1. The van der Waals surface area contributed by atoms with Crippen LogP contribution >= 0.6 is 23.2 Å². The van der Waals surface area contributed by atoms with Crippen molar-refractivity contribution in [2.75, 3.05) is 26.9 Å². The van der Waals surface area contributed by atoms with E-state index in [2.05, 4.69) is 4.57 Å². The maximum atomic E-state index is 12.9. The van der Waals surface area contributed by atoms with Gasteiger partial charge in [-0.15, -0.1) is 0 Å². The van der Waals surface area contributed by atoms with Crippen LogP contribution in [0.3, 0.4) is 0 Å². The van der Waals surface area contributed by atoms with Gasteiger partial charge in [-0.2, -0.15) is 0 Å². The van der Waals surface area contributed by atoms with Crippen molar-refractivity contribution < 1.29 is 14.3 Å². The highest BCUT2D eigenvalue weighted by atomic mass is 35.5. The fraction of sp³-hybridized carbons (Fsp3) is 0.292. The molecular formula is C24H26Cl2N2O3. The summed E-state index contributed by atoms with van der Waals surface area (Å²) in [6, 6.07) is 18.8. The van der Waals surface area contributed by atoms with E-state index in [0.29, 0.717) is 37.0 Å². The van der Waals surface area contributed by atoms with Gasteiger partial charge in [0.25, 0.3) is 5.91 Å². The van der Waals surface area contributed by atoms with E-state index >= 15 is 0 Å². The summed E-state index contributed by atoms with van der Waals surface area (Å²) in [6.07, 6.45) is 2.75. The van der Waals surface area contributed by atoms with Gasteiger partial charge in [0.05, 0.1) is 6.54 Å². The van der Waals surface area contributed by atoms with Gasteiger partial charge in [0.15, 0.2) is 6.61 Å². The van der Waals surface area contributed by atoms with E-state index < -0.39 is 0 Å². The third kappa shape index (κ3) is 7.03. The molecule has 0 saturated heterocycles. The predicted molar refractivity (Wildman–Crippen MR) is 124 cm³/mol. The Kier molecular flexibility index (Phi) is 8.83. The monoisotopic (exact) mass is 460 g/mol. The number of aromatic nitrogens is 1. The molecule has 0 spiro atoms. The zero-order valence-electron chi connectivity index (χ0n) is 17.5. The van der Waals surface area contributed by atoms with Gasteiger partial charge in [0.2, 0.25) is 0 Å². The molecule has 164 valence electrons. The SMILES string of the molecule is COCCCN(Cc1cccn1Cc1ccccc1Cl)C(=O)COc1ccc(Cl)cc1. The van der Waals surface area contributed by atoms with E-state index in [0.717, 1.165) is 22.7 Å². The third-order valence-corrected chi connectivity index (χ3v) is 5.50. The summed E-state index contributed by atoms with van der Waals surface area (Å²) in [5.74, 6) is 0.522. The zero-order valence-corrected chi connectivity index (χ0v) is 19.0. The topological polar surface area (TPSA) is 43.7 Å². The largest absolute Gasteiger partial charge is 0.484 e. The Morgan fingerprint density at radius 3 is 2.55 bits per heavy atom. The van der Waals surface area contributed by atoms with Crippen LogP contribution in [-0.2, 0) is 22.6 Å². The molecule has 0 atom stereocenters. The Labute approximate surface area is 193 Å². The minimum atomic E-state index is -0.0865. The summed E-state index contributed by atoms with van der Waals surface area (Å²) in [5.41, 5.74) is 2.06. The number of carbonyl (C=O) groups excluding carboxylic acids is 1. The first-order valence-corrected chi connectivity index (χ1v) is 10.8. The Morgan fingerprint density at radius 1 is 1.03 bits per heavy atom. The summed E-state index contributed by atoms with van der Waals surface area (Å²) in [5, 5.41) is 1.35. The molecule has 0 saturated carbocycles. The molecule has 0 unspecified atom stereocenters. The number of benzene rings is 2. The first kappa shape index (κ1) is 23.2. The minimum absolute atomic E-state index is 0.0418. The van der Waals surface area contributed by atoms with E-state index in [1.807, 2.05) is 42.6 Å². The van der Waals surface area contributed by atoms with Crippen LogP contribution in [0, 0.1) is 0 Å². The van der Waals surface area contributed by atoms with Crippen molar-refractivity contribution in [1.29, 1.82) is 0 Å². The number of nitrogens with zero attached hydrogens (tertiary/aromatic N) is 2. The number of halogens is 2. The molecule has 2 aromatic carbocycles. The normalized spacial score (nSPS) is 10.8. The van der Waals surface area contributed by atoms with Crippen LogP contribution in [0.25, 0.3) is 0 Å². The average Bonchev–Trinajstić information content (AvgIpc) is 3.21. The molecule has 31 heavy (non-hydrogen) atoms. The first-order valence-electron chi connectivity index (χ1n) is 10.1. The van der Waals surface area contributed by atoms with E-state index in [9.17, 15) is 4.79 Å². The number of hydrogen-bond donors (Lipinski definition) is 0. The van der Waals surface area contributed by atoms with Crippen LogP contribution in [0.5, 0.6) is 5.75 Å². The first-order chi connectivity index (χ1) is 15.1. The van der Waals surface area contributed by atoms with Crippen LogP contribution in [0.1, 0.15) is 17.7 Å². The molecule has 0 fully saturated rings. The van der Waals surface area contributed by atoms with Gasteiger partial charge in [-0.1, -0.05) is 41.4 Å². The Morgan fingerprint density at radius 2 is 1.81 bits per heavy atom. The van der Waals surface area contributed by atoms with Gasteiger partial charge in [0.1, 0.15) is 5.75 Å². The van der Waals surface area contributed by atoms with Gasteiger partial charge < -0.3 is 18.9 Å². The lowest BCUT2D eigenvalue weighted by Crippen LogP contribution is -2.36. The van der Waals surface area contributed by atoms with E-state index in [1.54, 1.807) is 36.3 Å². The molecule has 5 nitrogen and oxygen atoms in total. The summed E-state index contributed by atoms with van der Waals surface area (Å²) in [7, 11) is 1.66. The van der Waals surface area contributed by atoms with Crippen LogP contribution < -0.4 is 4.74 Å². The molecule has 0 aliphatic rings. The highest BCUT2D eigenvalue weighted by Crippen LogP contribution is 2.19. The molecule has 0 aliphatic carbocycles. The van der Waals surface area contributed by atoms with Gasteiger partial charge >= 0.3 is 0 Å². The van der Waals surface area contributed by atoms with Crippen LogP contribution in [-0.4, -0.2) is 42.2 Å². The van der Waals surface area contributed by atoms with E-state index in [-0.39, 0.29) is 12.5 Å². The predicted octanol–water partition coefficient (Wildman–Crippen LogP) is 5.29. The zero-order chi connectivity index (χ0) is 22.1. The number of ether oxygens (including phenoxy) is 2. The van der Waals surface area contributed by atoms with Crippen molar-refractivity contribution in [2.24, 2.45) is 0 Å². The molecular weight excluding hydrogens is 435 g/mol. The lowest BCUT2D eigenvalue weighted by atomic mass is 10.2. The Hall–Kier alpha value is -2.47. The van der Waals surface area contributed by atoms with Gasteiger partial charge in [-0.05, 0) is 54.4 Å². The lowest BCUT2D eigenvalue weighted by molar-refractivity contribution is -0.134. The van der Waals surface area contributed by atoms with E-state index in [1.165, 1.54) is 0 Å². The van der Waals surface area contributed by atoms with Crippen LogP contribution in [0.4, 0.5) is 0 Å². The van der Waals surface area contributed by atoms with Crippen molar-refractivity contribution in [2.45, 2.75) is 19.5 Å². The fourth-order valence-corrected chi connectivity index (χ4v) is 3.53. The van der Waals surface area contributed by atoms with Crippen molar-refractivity contribution >= 4 is 29.1 Å². The maximum Gasteiger partial charge on any atom is 0.260 e. The second-order valence-corrected chi connectivity index (χ2v) is 7.97. The lowest BCUT2D eigenvalue weighted by Gasteiger charge is -2.24. The molecule has 3 rings (SSSR count). The molecule has 0 aliphatic heterocycles. The van der Waals surface area contributed by atoms with Gasteiger partial charge in [0, 0.05) is 48.7 Å². The molecule has 1 aromatic heterocycles. The third-order valence-electron chi connectivity index (χ3n) is 4.88. The molecule has 1 amide bonds. The minimum Gasteiger partial charge on any atom is -0.484 e. The standard InChI is InChI=1S/C24H26Cl2N2O3/c1-30-15-5-14-28(24(29)18-31-22-11-9-20(25)10-12-22)17-21-7-4-13-27(21)16-19-6-2-3-8-23(19)26/h2-4,6-13H,5,14-18H2,1H3. The molecule has 0 N–H and O–H groups in total. The van der Waals surface area contributed by atoms with Crippen molar-refractivity contribution in [3.8, 4) is 5.75 Å². The summed E-state index contributed by atoms with van der Waals surface area (Å²) >= 11 is 12.2. The fourth-order valence-electron chi connectivity index (χ4n) is 3.21. The Bertz CT molecular complexity index is 973. The summed E-state index contributed by atoms with van der Waals surface area (Å²) in [4.78, 5) is 14.7. The molecule has 0 bridgehead atoms. The number of rotatable bonds is 11. The number of carbonyl (C=O) groups is 1. The molecule has 1 heterocycles. The second kappa shape index (κ2) is 11.8. The van der Waals surface area contributed by atoms with Crippen LogP contribution in [0.15, 0.2) is 66.9 Å². The summed E-state index contributed by atoms with van der Waals surface area (Å²) < 4.78 is 12.9. The molecule has 7 heteroatoms. The van der Waals surface area contributed by atoms with Crippen molar-refractivity contribution in [3.63, 3.8) is 0 Å². The summed E-state index contributed by atoms with van der Waals surface area (Å²) in [6.45, 7) is 2.24. The van der Waals surface area contributed by atoms with Gasteiger partial charge in [-0.25, -0.2) is 0 Å². The van der Waals surface area contributed by atoms with E-state index in [4.69, 9.17) is 32.7 Å².